The van der Waals surface area contributed by atoms with Gasteiger partial charge in [0.05, 0.1) is 17.7 Å². The predicted octanol–water partition coefficient (Wildman–Crippen LogP) is 2.92. The fourth-order valence-corrected chi connectivity index (χ4v) is 5.60. The standard InChI is InChI=1S/C21H28N4O3S/c1-16-22-20-10-13-25(29(26,27)18-9-7-8-17(14-18)28-2)15-19(20)21(23-16)24-11-5-3-4-6-12-24/h7-9,14H,3-6,10-13,15H2,1-2H3. The van der Waals surface area contributed by atoms with E-state index in [1.54, 1.807) is 28.6 Å². The molecule has 1 aromatic carbocycles. The summed E-state index contributed by atoms with van der Waals surface area (Å²) < 4.78 is 33.3. The highest BCUT2D eigenvalue weighted by Gasteiger charge is 2.32. The number of methoxy groups -OCH3 is 1. The largest absolute Gasteiger partial charge is 0.497 e. The Morgan fingerprint density at radius 2 is 1.79 bits per heavy atom. The summed E-state index contributed by atoms with van der Waals surface area (Å²) in [5.74, 6) is 2.21. The van der Waals surface area contributed by atoms with Crippen molar-refractivity contribution >= 4 is 15.8 Å². The lowest BCUT2D eigenvalue weighted by Gasteiger charge is -2.32. The second-order valence-corrected chi connectivity index (χ2v) is 9.63. The molecule has 0 amide bonds. The van der Waals surface area contributed by atoms with Gasteiger partial charge < -0.3 is 9.64 Å². The first kappa shape index (κ1) is 20.1. The molecule has 1 saturated heterocycles. The number of aryl methyl sites for hydroxylation is 1. The number of anilines is 1. The van der Waals surface area contributed by atoms with Crippen LogP contribution in [-0.4, -0.2) is 49.4 Å². The molecule has 0 bridgehead atoms. The van der Waals surface area contributed by atoms with Crippen molar-refractivity contribution in [1.82, 2.24) is 14.3 Å². The smallest absolute Gasteiger partial charge is 0.243 e. The van der Waals surface area contributed by atoms with Gasteiger partial charge in [-0.3, -0.25) is 0 Å². The summed E-state index contributed by atoms with van der Waals surface area (Å²) in [6.45, 7) is 4.57. The van der Waals surface area contributed by atoms with Crippen LogP contribution in [-0.2, 0) is 23.0 Å². The Kier molecular flexibility index (Phi) is 5.74. The fourth-order valence-electron chi connectivity index (χ4n) is 4.15. The number of hydrogen-bond acceptors (Lipinski definition) is 6. The van der Waals surface area contributed by atoms with Crippen LogP contribution in [0.4, 0.5) is 5.82 Å². The number of rotatable bonds is 4. The molecule has 0 saturated carbocycles. The van der Waals surface area contributed by atoms with E-state index in [2.05, 4.69) is 9.88 Å². The number of hydrogen-bond donors (Lipinski definition) is 0. The van der Waals surface area contributed by atoms with Gasteiger partial charge in [-0.2, -0.15) is 4.31 Å². The van der Waals surface area contributed by atoms with Gasteiger partial charge in [-0.05, 0) is 31.9 Å². The molecule has 2 aliphatic heterocycles. The molecule has 2 aromatic rings. The molecule has 3 heterocycles. The Morgan fingerprint density at radius 3 is 2.52 bits per heavy atom. The SMILES string of the molecule is COc1cccc(S(=O)(=O)N2CCc3nc(C)nc(N4CCCCCC4)c3C2)c1. The van der Waals surface area contributed by atoms with Crippen LogP contribution < -0.4 is 9.64 Å². The Balaban J connectivity index is 1.68. The average Bonchev–Trinajstić information content (AvgIpc) is 3.02. The van der Waals surface area contributed by atoms with Crippen molar-refractivity contribution < 1.29 is 13.2 Å². The molecular formula is C21H28N4O3S. The molecule has 0 spiro atoms. The van der Waals surface area contributed by atoms with E-state index in [1.165, 1.54) is 20.0 Å². The minimum atomic E-state index is -3.62. The molecule has 1 aromatic heterocycles. The molecule has 1 fully saturated rings. The highest BCUT2D eigenvalue weighted by Crippen LogP contribution is 2.31. The van der Waals surface area contributed by atoms with E-state index < -0.39 is 10.0 Å². The molecule has 0 atom stereocenters. The van der Waals surface area contributed by atoms with Crippen molar-refractivity contribution in [2.24, 2.45) is 0 Å². The van der Waals surface area contributed by atoms with Crippen LogP contribution in [0.3, 0.4) is 0 Å². The number of sulfonamides is 1. The maximum Gasteiger partial charge on any atom is 0.243 e. The number of nitrogens with zero attached hydrogens (tertiary/aromatic N) is 4. The minimum Gasteiger partial charge on any atom is -0.497 e. The Hall–Kier alpha value is -2.19. The quantitative estimate of drug-likeness (QED) is 0.763. The van der Waals surface area contributed by atoms with Gasteiger partial charge in [-0.1, -0.05) is 18.9 Å². The summed E-state index contributed by atoms with van der Waals surface area (Å²) in [5.41, 5.74) is 1.93. The summed E-state index contributed by atoms with van der Waals surface area (Å²) in [7, 11) is -2.09. The van der Waals surface area contributed by atoms with Crippen molar-refractivity contribution in [2.75, 3.05) is 31.6 Å². The Morgan fingerprint density at radius 1 is 1.03 bits per heavy atom. The maximum atomic E-state index is 13.3. The molecule has 8 heteroatoms. The van der Waals surface area contributed by atoms with Crippen LogP contribution >= 0.6 is 0 Å². The van der Waals surface area contributed by atoms with E-state index in [9.17, 15) is 8.42 Å². The first-order valence-electron chi connectivity index (χ1n) is 10.2. The highest BCUT2D eigenvalue weighted by atomic mass is 32.2. The molecule has 29 heavy (non-hydrogen) atoms. The van der Waals surface area contributed by atoms with E-state index in [0.29, 0.717) is 25.3 Å². The van der Waals surface area contributed by atoms with Gasteiger partial charge in [0.2, 0.25) is 10.0 Å². The van der Waals surface area contributed by atoms with Crippen molar-refractivity contribution in [3.05, 3.63) is 41.3 Å². The zero-order valence-corrected chi connectivity index (χ0v) is 17.9. The van der Waals surface area contributed by atoms with E-state index in [1.807, 2.05) is 6.92 Å². The molecule has 7 nitrogen and oxygen atoms in total. The number of benzene rings is 1. The molecule has 2 aliphatic rings. The van der Waals surface area contributed by atoms with E-state index >= 15 is 0 Å². The normalized spacial score (nSPS) is 18.2. The molecule has 156 valence electrons. The molecule has 0 aliphatic carbocycles. The average molecular weight is 417 g/mol. The molecule has 4 rings (SSSR count). The number of aromatic nitrogens is 2. The van der Waals surface area contributed by atoms with Crippen LogP contribution in [0.2, 0.25) is 0 Å². The highest BCUT2D eigenvalue weighted by molar-refractivity contribution is 7.89. The lowest BCUT2D eigenvalue weighted by molar-refractivity contribution is 0.385. The second kappa shape index (κ2) is 8.28. The topological polar surface area (TPSA) is 75.6 Å². The summed E-state index contributed by atoms with van der Waals surface area (Å²) >= 11 is 0. The maximum absolute atomic E-state index is 13.3. The van der Waals surface area contributed by atoms with Crippen LogP contribution in [0, 0.1) is 6.92 Å². The zero-order chi connectivity index (χ0) is 20.4. The first-order valence-corrected chi connectivity index (χ1v) is 11.7. The number of ether oxygens (including phenoxy) is 1. The molecule has 0 unspecified atom stereocenters. The Bertz CT molecular complexity index is 985. The third-order valence-corrected chi connectivity index (χ3v) is 7.54. The van der Waals surface area contributed by atoms with Crippen LogP contribution in [0.15, 0.2) is 29.2 Å². The van der Waals surface area contributed by atoms with Crippen LogP contribution in [0.1, 0.15) is 42.8 Å². The Labute approximate surface area is 172 Å². The first-order chi connectivity index (χ1) is 14.0. The summed E-state index contributed by atoms with van der Waals surface area (Å²) in [6.07, 6.45) is 5.36. The van der Waals surface area contributed by atoms with Gasteiger partial charge >= 0.3 is 0 Å². The van der Waals surface area contributed by atoms with Crippen molar-refractivity contribution in [1.29, 1.82) is 0 Å². The van der Waals surface area contributed by atoms with Crippen molar-refractivity contribution in [3.8, 4) is 5.75 Å². The predicted molar refractivity (Wildman–Crippen MR) is 112 cm³/mol. The second-order valence-electron chi connectivity index (χ2n) is 7.69. The minimum absolute atomic E-state index is 0.254. The van der Waals surface area contributed by atoms with Crippen LogP contribution in [0.25, 0.3) is 0 Å². The third kappa shape index (κ3) is 4.09. The van der Waals surface area contributed by atoms with E-state index in [4.69, 9.17) is 9.72 Å². The van der Waals surface area contributed by atoms with Gasteiger partial charge in [-0.25, -0.2) is 18.4 Å². The van der Waals surface area contributed by atoms with Gasteiger partial charge in [-0.15, -0.1) is 0 Å². The third-order valence-electron chi connectivity index (χ3n) is 5.70. The fraction of sp³-hybridized carbons (Fsp3) is 0.524. The van der Waals surface area contributed by atoms with Gasteiger partial charge in [0.25, 0.3) is 0 Å². The zero-order valence-electron chi connectivity index (χ0n) is 17.1. The molecule has 0 radical (unpaired) electrons. The van der Waals surface area contributed by atoms with Gasteiger partial charge in [0, 0.05) is 44.2 Å². The summed E-state index contributed by atoms with van der Waals surface area (Å²) in [6, 6.07) is 6.65. The van der Waals surface area contributed by atoms with Crippen LogP contribution in [0.5, 0.6) is 5.75 Å². The van der Waals surface area contributed by atoms with E-state index in [0.717, 1.165) is 48.8 Å². The monoisotopic (exact) mass is 416 g/mol. The lowest BCUT2D eigenvalue weighted by atomic mass is 10.1. The molecule has 0 N–H and O–H groups in total. The van der Waals surface area contributed by atoms with Crippen molar-refractivity contribution in [3.63, 3.8) is 0 Å². The molecular weight excluding hydrogens is 388 g/mol. The van der Waals surface area contributed by atoms with E-state index in [-0.39, 0.29) is 4.90 Å². The summed E-state index contributed by atoms with van der Waals surface area (Å²) in [4.78, 5) is 11.9. The van der Waals surface area contributed by atoms with Gasteiger partial charge in [0.1, 0.15) is 17.4 Å². The van der Waals surface area contributed by atoms with Crippen molar-refractivity contribution in [2.45, 2.75) is 50.5 Å². The number of fused-ring (bicyclic) bond motifs is 1. The summed E-state index contributed by atoms with van der Waals surface area (Å²) in [5, 5.41) is 0. The van der Waals surface area contributed by atoms with Gasteiger partial charge in [0.15, 0.2) is 0 Å². The lowest BCUT2D eigenvalue weighted by Crippen LogP contribution is -2.38.